The number of nitrogens with zero attached hydrogens (tertiary/aromatic N) is 6. The van der Waals surface area contributed by atoms with Crippen LogP contribution < -0.4 is 10.2 Å². The van der Waals surface area contributed by atoms with E-state index < -0.39 is 0 Å². The summed E-state index contributed by atoms with van der Waals surface area (Å²) >= 11 is 0. The zero-order valence-electron chi connectivity index (χ0n) is 13.8. The van der Waals surface area contributed by atoms with Gasteiger partial charge in [-0.1, -0.05) is 0 Å². The Balaban J connectivity index is 1.51. The molecule has 1 fully saturated rings. The van der Waals surface area contributed by atoms with Crippen LogP contribution in [-0.2, 0) is 4.79 Å². The van der Waals surface area contributed by atoms with Gasteiger partial charge in [0.05, 0.1) is 30.5 Å². The third-order valence-corrected chi connectivity index (χ3v) is 3.96. The highest BCUT2D eigenvalue weighted by Crippen LogP contribution is 2.22. The van der Waals surface area contributed by atoms with Crippen LogP contribution in [0.2, 0.25) is 0 Å². The fraction of sp³-hybridized carbons (Fsp3) is 0.235. The van der Waals surface area contributed by atoms with E-state index in [0.717, 1.165) is 24.2 Å². The van der Waals surface area contributed by atoms with Gasteiger partial charge >= 0.3 is 0 Å². The fourth-order valence-electron chi connectivity index (χ4n) is 2.74. The molecule has 3 aromatic rings. The summed E-state index contributed by atoms with van der Waals surface area (Å²) in [7, 11) is 0. The summed E-state index contributed by atoms with van der Waals surface area (Å²) < 4.78 is 1.67. The Kier molecular flexibility index (Phi) is 3.85. The van der Waals surface area contributed by atoms with Crippen LogP contribution in [0.5, 0.6) is 0 Å². The Morgan fingerprint density at radius 3 is 2.72 bits per heavy atom. The maximum atomic E-state index is 11.8. The third kappa shape index (κ3) is 3.18. The Morgan fingerprint density at radius 1 is 1.12 bits per heavy atom. The van der Waals surface area contributed by atoms with E-state index in [1.807, 2.05) is 25.3 Å². The zero-order valence-corrected chi connectivity index (χ0v) is 13.8. The Hall–Kier alpha value is -3.29. The van der Waals surface area contributed by atoms with E-state index in [9.17, 15) is 4.79 Å². The van der Waals surface area contributed by atoms with Gasteiger partial charge in [-0.05, 0) is 31.0 Å². The summed E-state index contributed by atoms with van der Waals surface area (Å²) in [5.41, 5.74) is 1.87. The molecule has 1 saturated heterocycles. The van der Waals surface area contributed by atoms with Gasteiger partial charge in [-0.15, -0.1) is 0 Å². The number of aromatic nitrogens is 5. The number of hydrogen-bond acceptors (Lipinski definition) is 6. The van der Waals surface area contributed by atoms with E-state index in [2.05, 4.69) is 25.4 Å². The van der Waals surface area contributed by atoms with Gasteiger partial charge in [0.1, 0.15) is 5.82 Å². The average Bonchev–Trinajstić information content (AvgIpc) is 3.24. The molecule has 0 aliphatic carbocycles. The van der Waals surface area contributed by atoms with Crippen LogP contribution >= 0.6 is 0 Å². The second-order valence-corrected chi connectivity index (χ2v) is 5.90. The summed E-state index contributed by atoms with van der Waals surface area (Å²) in [6.07, 6.45) is 10.1. The van der Waals surface area contributed by atoms with Gasteiger partial charge < -0.3 is 10.2 Å². The van der Waals surface area contributed by atoms with Crippen LogP contribution in [0.4, 0.5) is 17.3 Å². The summed E-state index contributed by atoms with van der Waals surface area (Å²) in [5, 5.41) is 7.35. The van der Waals surface area contributed by atoms with Crippen molar-refractivity contribution >= 4 is 23.2 Å². The lowest BCUT2D eigenvalue weighted by atomic mass is 10.3. The largest absolute Gasteiger partial charge is 0.324 e. The molecule has 0 unspecified atom stereocenters. The first-order valence-corrected chi connectivity index (χ1v) is 8.06. The number of aryl methyl sites for hydroxylation is 1. The third-order valence-electron chi connectivity index (χ3n) is 3.96. The lowest BCUT2D eigenvalue weighted by Gasteiger charge is -2.15. The predicted octanol–water partition coefficient (Wildman–Crippen LogP) is 2.24. The minimum absolute atomic E-state index is 0.149. The number of hydrogen-bond donors (Lipinski definition) is 1. The monoisotopic (exact) mass is 335 g/mol. The van der Waals surface area contributed by atoms with Crippen molar-refractivity contribution < 1.29 is 4.79 Å². The molecule has 126 valence electrons. The fourth-order valence-corrected chi connectivity index (χ4v) is 2.74. The predicted molar refractivity (Wildman–Crippen MR) is 93.0 cm³/mol. The number of amides is 1. The molecule has 1 aliphatic rings. The Labute approximate surface area is 144 Å². The van der Waals surface area contributed by atoms with Crippen molar-refractivity contribution in [3.05, 3.63) is 48.7 Å². The minimum Gasteiger partial charge on any atom is -0.324 e. The molecule has 0 bridgehead atoms. The standard InChI is InChI=1S/C17H17N7O/c1-12-7-20-24(11-12)16-10-18-9-15(22-16)21-14-5-4-13(8-19-14)23-6-2-3-17(23)25/h4-5,7-11H,2-3,6H2,1H3,(H,19,21,22). The minimum atomic E-state index is 0.149. The molecule has 4 heterocycles. The molecule has 0 radical (unpaired) electrons. The molecule has 3 aromatic heterocycles. The normalized spacial score (nSPS) is 14.1. The Bertz CT molecular complexity index is 903. The van der Waals surface area contributed by atoms with E-state index in [-0.39, 0.29) is 5.91 Å². The van der Waals surface area contributed by atoms with E-state index in [4.69, 9.17) is 0 Å². The van der Waals surface area contributed by atoms with E-state index in [1.54, 1.807) is 34.4 Å². The summed E-state index contributed by atoms with van der Waals surface area (Å²) in [6.45, 7) is 2.72. The SMILES string of the molecule is Cc1cnn(-c2cncc(Nc3ccc(N4CCCC4=O)cn3)n2)c1. The average molecular weight is 335 g/mol. The summed E-state index contributed by atoms with van der Waals surface area (Å²) in [6, 6.07) is 3.71. The molecule has 8 heteroatoms. The van der Waals surface area contributed by atoms with Crippen molar-refractivity contribution in [2.24, 2.45) is 0 Å². The van der Waals surface area contributed by atoms with Crippen molar-refractivity contribution in [3.63, 3.8) is 0 Å². The van der Waals surface area contributed by atoms with Crippen LogP contribution in [0.1, 0.15) is 18.4 Å². The van der Waals surface area contributed by atoms with Crippen LogP contribution in [0.25, 0.3) is 5.82 Å². The number of carbonyl (C=O) groups is 1. The number of rotatable bonds is 4. The maximum Gasteiger partial charge on any atom is 0.227 e. The van der Waals surface area contributed by atoms with Gasteiger partial charge in [-0.2, -0.15) is 5.10 Å². The van der Waals surface area contributed by atoms with E-state index >= 15 is 0 Å². The van der Waals surface area contributed by atoms with Gasteiger partial charge in [-0.3, -0.25) is 9.78 Å². The highest BCUT2D eigenvalue weighted by atomic mass is 16.2. The lowest BCUT2D eigenvalue weighted by molar-refractivity contribution is -0.117. The first-order chi connectivity index (χ1) is 12.2. The van der Waals surface area contributed by atoms with Crippen LogP contribution in [-0.4, -0.2) is 37.2 Å². The second kappa shape index (κ2) is 6.31. The van der Waals surface area contributed by atoms with Crippen molar-refractivity contribution in [2.75, 3.05) is 16.8 Å². The van der Waals surface area contributed by atoms with Crippen LogP contribution in [0, 0.1) is 6.92 Å². The van der Waals surface area contributed by atoms with Gasteiger partial charge in [0.15, 0.2) is 11.6 Å². The highest BCUT2D eigenvalue weighted by molar-refractivity contribution is 5.95. The molecule has 4 rings (SSSR count). The topological polar surface area (TPSA) is 88.8 Å². The van der Waals surface area contributed by atoms with Crippen molar-refractivity contribution in [1.29, 1.82) is 0 Å². The van der Waals surface area contributed by atoms with E-state index in [0.29, 0.717) is 23.9 Å². The van der Waals surface area contributed by atoms with Crippen molar-refractivity contribution in [2.45, 2.75) is 19.8 Å². The summed E-state index contributed by atoms with van der Waals surface area (Å²) in [4.78, 5) is 26.6. The molecular weight excluding hydrogens is 318 g/mol. The zero-order chi connectivity index (χ0) is 17.2. The summed E-state index contributed by atoms with van der Waals surface area (Å²) in [5.74, 6) is 1.98. The van der Waals surface area contributed by atoms with Crippen molar-refractivity contribution in [3.8, 4) is 5.82 Å². The molecule has 25 heavy (non-hydrogen) atoms. The molecule has 8 nitrogen and oxygen atoms in total. The quantitative estimate of drug-likeness (QED) is 0.786. The molecule has 0 aromatic carbocycles. The molecule has 0 atom stereocenters. The number of carbonyl (C=O) groups excluding carboxylic acids is 1. The van der Waals surface area contributed by atoms with Gasteiger partial charge in [0.25, 0.3) is 0 Å². The molecule has 1 aliphatic heterocycles. The van der Waals surface area contributed by atoms with Gasteiger partial charge in [-0.25, -0.2) is 14.6 Å². The van der Waals surface area contributed by atoms with Gasteiger partial charge in [0.2, 0.25) is 5.91 Å². The van der Waals surface area contributed by atoms with E-state index in [1.165, 1.54) is 0 Å². The molecular formula is C17H17N7O. The highest BCUT2D eigenvalue weighted by Gasteiger charge is 2.21. The van der Waals surface area contributed by atoms with Crippen molar-refractivity contribution in [1.82, 2.24) is 24.7 Å². The first-order valence-electron chi connectivity index (χ1n) is 8.06. The maximum absolute atomic E-state index is 11.8. The molecule has 1 N–H and O–H groups in total. The number of nitrogens with one attached hydrogen (secondary N) is 1. The Morgan fingerprint density at radius 2 is 2.04 bits per heavy atom. The first kappa shape index (κ1) is 15.3. The smallest absolute Gasteiger partial charge is 0.227 e. The van der Waals surface area contributed by atoms with Gasteiger partial charge in [0, 0.05) is 19.2 Å². The molecule has 0 spiro atoms. The van der Waals surface area contributed by atoms with Crippen LogP contribution in [0.3, 0.4) is 0 Å². The molecule has 0 saturated carbocycles. The molecule has 1 amide bonds. The lowest BCUT2D eigenvalue weighted by Crippen LogP contribution is -2.23. The van der Waals surface area contributed by atoms with Crippen LogP contribution in [0.15, 0.2) is 43.1 Å². The number of pyridine rings is 1. The number of anilines is 3. The second-order valence-electron chi connectivity index (χ2n) is 5.90.